The van der Waals surface area contributed by atoms with Crippen LogP contribution in [0.25, 0.3) is 11.3 Å². The maximum absolute atomic E-state index is 13.2. The lowest BCUT2D eigenvalue weighted by molar-refractivity contribution is -0.465. The molecule has 3 aliphatic heterocycles. The number of piperazine rings is 1. The minimum Gasteiger partial charge on any atom is -0.493 e. The molecule has 1 fully saturated rings. The molecule has 6 rings (SSSR count). The SMILES string of the molecule is COc1ccc(-c2cc(CN3CCN(Cc4ccc(C)cc4)C4(OC(=O)C=CC(=O)O4)C34OC(=O)C=CC(=O)O4)ccn2)c(OC)c1OC. The van der Waals surface area contributed by atoms with Gasteiger partial charge in [-0.25, -0.2) is 29.0 Å². The summed E-state index contributed by atoms with van der Waals surface area (Å²) in [5.74, 6) is -7.94. The van der Waals surface area contributed by atoms with Gasteiger partial charge in [0.2, 0.25) is 5.75 Å². The van der Waals surface area contributed by atoms with E-state index in [1.54, 1.807) is 30.5 Å². The molecular formula is C35H33N3O11. The second-order valence-corrected chi connectivity index (χ2v) is 11.3. The molecule has 0 atom stereocenters. The smallest absolute Gasteiger partial charge is 0.420 e. The zero-order valence-corrected chi connectivity index (χ0v) is 27.2. The molecule has 49 heavy (non-hydrogen) atoms. The Hall–Kier alpha value is -5.73. The highest BCUT2D eigenvalue weighted by Gasteiger charge is 2.74. The molecule has 1 saturated heterocycles. The first-order valence-corrected chi connectivity index (χ1v) is 15.2. The van der Waals surface area contributed by atoms with Crippen molar-refractivity contribution in [2.24, 2.45) is 0 Å². The number of methoxy groups -OCH3 is 3. The van der Waals surface area contributed by atoms with Gasteiger partial charge in [-0.15, -0.1) is 0 Å². The fourth-order valence-corrected chi connectivity index (χ4v) is 5.97. The van der Waals surface area contributed by atoms with Crippen molar-refractivity contribution in [2.75, 3.05) is 34.4 Å². The third kappa shape index (κ3) is 6.19. The van der Waals surface area contributed by atoms with Crippen LogP contribution >= 0.6 is 0 Å². The summed E-state index contributed by atoms with van der Waals surface area (Å²) < 4.78 is 40.2. The molecule has 0 amide bonds. The number of benzene rings is 2. The summed E-state index contributed by atoms with van der Waals surface area (Å²) in [5, 5.41) is 0. The van der Waals surface area contributed by atoms with Gasteiger partial charge in [0.25, 0.3) is 0 Å². The van der Waals surface area contributed by atoms with E-state index in [0.717, 1.165) is 35.4 Å². The van der Waals surface area contributed by atoms with E-state index >= 15 is 0 Å². The lowest BCUT2D eigenvalue weighted by atomic mass is 10.0. The van der Waals surface area contributed by atoms with Gasteiger partial charge < -0.3 is 33.2 Å². The van der Waals surface area contributed by atoms with Crippen LogP contribution in [0.2, 0.25) is 0 Å². The zero-order valence-electron chi connectivity index (χ0n) is 27.2. The van der Waals surface area contributed by atoms with E-state index in [1.807, 2.05) is 31.2 Å². The molecule has 4 heterocycles. The third-order valence-electron chi connectivity index (χ3n) is 8.21. The van der Waals surface area contributed by atoms with E-state index in [4.69, 9.17) is 33.2 Å². The van der Waals surface area contributed by atoms with E-state index in [-0.39, 0.29) is 26.2 Å². The van der Waals surface area contributed by atoms with Crippen LogP contribution in [0.5, 0.6) is 17.2 Å². The molecule has 14 nitrogen and oxygen atoms in total. The topological polar surface area (TPSA) is 152 Å². The predicted octanol–water partition coefficient (Wildman–Crippen LogP) is 3.02. The van der Waals surface area contributed by atoms with E-state index in [9.17, 15) is 19.2 Å². The molecule has 0 bridgehead atoms. The van der Waals surface area contributed by atoms with Crippen LogP contribution in [0.15, 0.2) is 79.0 Å². The Morgan fingerprint density at radius 2 is 1.16 bits per heavy atom. The van der Waals surface area contributed by atoms with Crippen molar-refractivity contribution in [1.29, 1.82) is 0 Å². The summed E-state index contributed by atoms with van der Waals surface area (Å²) in [7, 11) is 4.51. The number of pyridine rings is 1. The number of carbonyl (C=O) groups is 4. The van der Waals surface area contributed by atoms with Gasteiger partial charge in [0.1, 0.15) is 0 Å². The Labute approximate surface area is 281 Å². The van der Waals surface area contributed by atoms with Crippen molar-refractivity contribution >= 4 is 23.9 Å². The molecule has 2 spiro atoms. The molecule has 0 unspecified atom stereocenters. The summed E-state index contributed by atoms with van der Waals surface area (Å²) in [6.45, 7) is 2.13. The lowest BCUT2D eigenvalue weighted by Gasteiger charge is -2.55. The van der Waals surface area contributed by atoms with E-state index in [0.29, 0.717) is 34.1 Å². The van der Waals surface area contributed by atoms with Crippen LogP contribution in [0.4, 0.5) is 0 Å². The molecule has 3 aromatic rings. The van der Waals surface area contributed by atoms with Gasteiger partial charge in [-0.2, -0.15) is 0 Å². The van der Waals surface area contributed by atoms with Gasteiger partial charge in [0, 0.05) is 62.2 Å². The van der Waals surface area contributed by atoms with Gasteiger partial charge in [-0.05, 0) is 42.3 Å². The Balaban J connectivity index is 1.46. The van der Waals surface area contributed by atoms with Crippen molar-refractivity contribution in [3.8, 4) is 28.5 Å². The molecule has 1 aromatic heterocycles. The summed E-state index contributed by atoms with van der Waals surface area (Å²) in [5.41, 5.74) is 3.45. The van der Waals surface area contributed by atoms with Gasteiger partial charge in [0.15, 0.2) is 11.5 Å². The minimum atomic E-state index is -2.60. The highest BCUT2D eigenvalue weighted by atomic mass is 16.8. The lowest BCUT2D eigenvalue weighted by Crippen LogP contribution is -2.80. The van der Waals surface area contributed by atoms with Crippen molar-refractivity contribution in [3.63, 3.8) is 0 Å². The molecule has 0 N–H and O–H groups in total. The number of hydrogen-bond acceptors (Lipinski definition) is 14. The summed E-state index contributed by atoms with van der Waals surface area (Å²) in [6.07, 6.45) is 5.11. The van der Waals surface area contributed by atoms with E-state index in [2.05, 4.69) is 4.98 Å². The summed E-state index contributed by atoms with van der Waals surface area (Å²) in [6, 6.07) is 14.5. The highest BCUT2D eigenvalue weighted by molar-refractivity contribution is 5.95. The Morgan fingerprint density at radius 3 is 1.65 bits per heavy atom. The van der Waals surface area contributed by atoms with E-state index in [1.165, 1.54) is 31.1 Å². The minimum absolute atomic E-state index is 0.0530. The summed E-state index contributed by atoms with van der Waals surface area (Å²) in [4.78, 5) is 60.1. The Bertz CT molecular complexity index is 1810. The van der Waals surface area contributed by atoms with Crippen molar-refractivity contribution < 1.29 is 52.3 Å². The fourth-order valence-electron chi connectivity index (χ4n) is 5.97. The second kappa shape index (κ2) is 13.4. The average molecular weight is 672 g/mol. The van der Waals surface area contributed by atoms with Crippen LogP contribution < -0.4 is 14.2 Å². The van der Waals surface area contributed by atoms with Gasteiger partial charge >= 0.3 is 35.7 Å². The van der Waals surface area contributed by atoms with Crippen molar-refractivity contribution in [2.45, 2.75) is 31.8 Å². The van der Waals surface area contributed by atoms with Crippen molar-refractivity contribution in [1.82, 2.24) is 14.8 Å². The number of carbonyl (C=O) groups excluding carboxylic acids is 4. The number of hydrogen-bond donors (Lipinski definition) is 0. The standard InChI is InChI=1S/C35H33N3O11/c1-22-5-7-23(8-6-22)20-37-17-18-38(21-24-15-16-36-26(19-24)25-9-10-27(43-2)33(45-4)32(25)44-3)35(48-30(41)13-14-31(42)49-35)34(37)46-28(39)11-12-29(40)47-34/h5-16,19H,17-18,20-21H2,1-4H3. The summed E-state index contributed by atoms with van der Waals surface area (Å²) >= 11 is 0. The molecule has 3 aliphatic rings. The highest BCUT2D eigenvalue weighted by Crippen LogP contribution is 2.47. The quantitative estimate of drug-likeness (QED) is 0.323. The van der Waals surface area contributed by atoms with Crippen LogP contribution in [0.1, 0.15) is 16.7 Å². The van der Waals surface area contributed by atoms with Crippen molar-refractivity contribution in [3.05, 3.63) is 95.7 Å². The number of ether oxygens (including phenoxy) is 7. The second-order valence-electron chi connectivity index (χ2n) is 11.3. The molecule has 2 aromatic carbocycles. The predicted molar refractivity (Wildman–Crippen MR) is 169 cm³/mol. The molecule has 0 aliphatic carbocycles. The third-order valence-corrected chi connectivity index (χ3v) is 8.21. The van der Waals surface area contributed by atoms with Crippen LogP contribution in [-0.4, -0.2) is 84.9 Å². The largest absolute Gasteiger partial charge is 0.493 e. The number of rotatable bonds is 8. The van der Waals surface area contributed by atoms with Gasteiger partial charge in [-0.3, -0.25) is 4.98 Å². The Morgan fingerprint density at radius 1 is 0.653 bits per heavy atom. The van der Waals surface area contributed by atoms with E-state index < -0.39 is 35.7 Å². The number of fused-ring (bicyclic) bond motifs is 1. The first-order valence-electron chi connectivity index (χ1n) is 15.2. The number of nitrogens with zero attached hydrogens (tertiary/aromatic N) is 3. The first-order chi connectivity index (χ1) is 23.6. The van der Waals surface area contributed by atoms with Crippen LogP contribution in [0, 0.1) is 6.92 Å². The van der Waals surface area contributed by atoms with Gasteiger partial charge in [0.05, 0.1) is 27.0 Å². The van der Waals surface area contributed by atoms with Gasteiger partial charge in [-0.1, -0.05) is 29.8 Å². The van der Waals surface area contributed by atoms with Crippen LogP contribution in [-0.2, 0) is 51.2 Å². The maximum atomic E-state index is 13.2. The first kappa shape index (κ1) is 33.2. The fraction of sp³-hybridized carbons (Fsp3) is 0.286. The molecule has 0 saturated carbocycles. The average Bonchev–Trinajstić information content (AvgIpc) is 3.35. The monoisotopic (exact) mass is 671 g/mol. The molecule has 14 heteroatoms. The number of aromatic nitrogens is 1. The molecule has 254 valence electrons. The zero-order chi connectivity index (χ0) is 34.8. The Kier molecular flexibility index (Phi) is 9.08. The van der Waals surface area contributed by atoms with Crippen LogP contribution in [0.3, 0.4) is 0 Å². The normalized spacial score (nSPS) is 18.6. The molecule has 0 radical (unpaired) electrons. The number of esters is 4. The molecular weight excluding hydrogens is 638 g/mol. The number of aryl methyl sites for hydroxylation is 1. The maximum Gasteiger partial charge on any atom is 0.420 e.